The van der Waals surface area contributed by atoms with Crippen LogP contribution in [0.2, 0.25) is 0 Å². The van der Waals surface area contributed by atoms with Crippen LogP contribution in [0.1, 0.15) is 7.85 Å². The number of carbonyl (C=O) groups is 3. The fourth-order valence-corrected chi connectivity index (χ4v) is 1.06. The first-order valence-electron chi connectivity index (χ1n) is 3.55. The number of ether oxygens (including phenoxy) is 1. The van der Waals surface area contributed by atoms with Gasteiger partial charge in [0.1, 0.15) is 0 Å². The van der Waals surface area contributed by atoms with Crippen LogP contribution in [-0.2, 0) is 19.1 Å². The molecule has 0 bridgehead atoms. The Bertz CT molecular complexity index is 219. The maximum absolute atomic E-state index is 11.0. The molecule has 5 nitrogen and oxygen atoms in total. The Hall–Kier alpha value is -0.390. The van der Waals surface area contributed by atoms with Gasteiger partial charge >= 0.3 is 35.5 Å². The molecule has 1 aliphatic heterocycles. The standard InChI is InChI=1S/C7H9NO4.Na.H/c1-12-7(11)5-4(9)2-3-8-6(5)10;;/h5H,2-3H2,1H3,(H,8,10);;/q;+1;-1. The Labute approximate surface area is 99.0 Å². The number of hydrogen-bond donors (Lipinski definition) is 1. The van der Waals surface area contributed by atoms with Crippen LogP contribution in [-0.4, -0.2) is 31.3 Å². The Morgan fingerprint density at radius 2 is 2.23 bits per heavy atom. The van der Waals surface area contributed by atoms with E-state index >= 15 is 0 Å². The fraction of sp³-hybridized carbons (Fsp3) is 0.571. The molecule has 0 aromatic rings. The van der Waals surface area contributed by atoms with E-state index in [1.54, 1.807) is 0 Å². The third kappa shape index (κ3) is 2.79. The van der Waals surface area contributed by atoms with Gasteiger partial charge < -0.3 is 11.5 Å². The first-order valence-corrected chi connectivity index (χ1v) is 3.55. The molecule has 1 atom stereocenters. The van der Waals surface area contributed by atoms with Gasteiger partial charge in [-0.25, -0.2) is 0 Å². The number of rotatable bonds is 1. The summed E-state index contributed by atoms with van der Waals surface area (Å²) in [5.41, 5.74) is 0. The van der Waals surface area contributed by atoms with Crippen molar-refractivity contribution < 1.29 is 50.1 Å². The largest absolute Gasteiger partial charge is 1.00 e. The average Bonchev–Trinajstić information content (AvgIpc) is 2.03. The predicted molar refractivity (Wildman–Crippen MR) is 39.3 cm³/mol. The van der Waals surface area contributed by atoms with E-state index in [1.807, 2.05) is 0 Å². The molecule has 0 aromatic carbocycles. The molecule has 1 heterocycles. The zero-order valence-corrected chi connectivity index (χ0v) is 9.62. The molecule has 0 aliphatic carbocycles. The van der Waals surface area contributed by atoms with Gasteiger partial charge in [0.15, 0.2) is 11.7 Å². The SMILES string of the molecule is COC(=O)C1C(=O)CCNC1=O.[H-].[Na+]. The molecule has 1 aliphatic rings. The Morgan fingerprint density at radius 1 is 1.62 bits per heavy atom. The smallest absolute Gasteiger partial charge is 1.00 e. The van der Waals surface area contributed by atoms with Gasteiger partial charge in [-0.2, -0.15) is 0 Å². The summed E-state index contributed by atoms with van der Waals surface area (Å²) in [5.74, 6) is -2.95. The van der Waals surface area contributed by atoms with Crippen molar-refractivity contribution in [3.63, 3.8) is 0 Å². The topological polar surface area (TPSA) is 72.5 Å². The van der Waals surface area contributed by atoms with Crippen LogP contribution < -0.4 is 34.9 Å². The summed E-state index contributed by atoms with van der Waals surface area (Å²) in [5, 5.41) is 2.42. The van der Waals surface area contributed by atoms with Gasteiger partial charge in [0.05, 0.1) is 7.11 Å². The van der Waals surface area contributed by atoms with Crippen LogP contribution in [0.5, 0.6) is 0 Å². The summed E-state index contributed by atoms with van der Waals surface area (Å²) < 4.78 is 4.31. The van der Waals surface area contributed by atoms with Crippen LogP contribution in [0.3, 0.4) is 0 Å². The summed E-state index contributed by atoms with van der Waals surface area (Å²) in [6, 6.07) is 0. The van der Waals surface area contributed by atoms with Gasteiger partial charge in [-0.1, -0.05) is 0 Å². The second-order valence-electron chi connectivity index (χ2n) is 2.46. The summed E-state index contributed by atoms with van der Waals surface area (Å²) in [7, 11) is 1.15. The van der Waals surface area contributed by atoms with Crippen LogP contribution in [0.25, 0.3) is 0 Å². The zero-order valence-electron chi connectivity index (χ0n) is 8.62. The van der Waals surface area contributed by atoms with Crippen LogP contribution in [0.4, 0.5) is 0 Å². The van der Waals surface area contributed by atoms with Gasteiger partial charge in [0.25, 0.3) is 0 Å². The van der Waals surface area contributed by atoms with Gasteiger partial charge in [0.2, 0.25) is 5.91 Å². The zero-order chi connectivity index (χ0) is 9.14. The van der Waals surface area contributed by atoms with E-state index in [0.29, 0.717) is 6.54 Å². The number of piperidine rings is 1. The fourth-order valence-electron chi connectivity index (χ4n) is 1.06. The molecule has 1 fully saturated rings. The van der Waals surface area contributed by atoms with Crippen molar-refractivity contribution in [1.29, 1.82) is 0 Å². The number of esters is 1. The van der Waals surface area contributed by atoms with Crippen molar-refractivity contribution in [2.45, 2.75) is 6.42 Å². The normalized spacial score (nSPS) is 21.5. The van der Waals surface area contributed by atoms with Crippen molar-refractivity contribution in [2.75, 3.05) is 13.7 Å². The summed E-state index contributed by atoms with van der Waals surface area (Å²) in [6.07, 6.45) is 0.200. The number of Topliss-reactive ketones (excluding diaryl/α,β-unsaturated/α-hetero) is 1. The van der Waals surface area contributed by atoms with Crippen LogP contribution >= 0.6 is 0 Å². The number of ketones is 1. The van der Waals surface area contributed by atoms with Crippen molar-refractivity contribution >= 4 is 17.7 Å². The molecule has 0 radical (unpaired) electrons. The minimum atomic E-state index is -1.25. The maximum atomic E-state index is 11.0. The molecule has 1 amide bonds. The third-order valence-electron chi connectivity index (χ3n) is 1.69. The van der Waals surface area contributed by atoms with E-state index in [9.17, 15) is 14.4 Å². The number of amides is 1. The third-order valence-corrected chi connectivity index (χ3v) is 1.69. The Balaban J connectivity index is 0. The average molecular weight is 195 g/mol. The summed E-state index contributed by atoms with van der Waals surface area (Å²) >= 11 is 0. The molecular formula is C7H10NNaO4. The Kier molecular flexibility index (Phi) is 5.20. The second kappa shape index (κ2) is 5.36. The number of nitrogens with one attached hydrogen (secondary N) is 1. The van der Waals surface area contributed by atoms with Gasteiger partial charge in [-0.3, -0.25) is 14.4 Å². The first-order chi connectivity index (χ1) is 5.66. The first kappa shape index (κ1) is 12.6. The summed E-state index contributed by atoms with van der Waals surface area (Å²) in [4.78, 5) is 32.9. The molecule has 1 saturated heterocycles. The van der Waals surface area contributed by atoms with Crippen molar-refractivity contribution in [3.8, 4) is 0 Å². The predicted octanol–water partition coefficient (Wildman–Crippen LogP) is -4.02. The van der Waals surface area contributed by atoms with Crippen molar-refractivity contribution in [2.24, 2.45) is 5.92 Å². The quantitative estimate of drug-likeness (QED) is 0.263. The molecule has 0 saturated carbocycles. The van der Waals surface area contributed by atoms with Gasteiger partial charge in [-0.05, 0) is 0 Å². The molecule has 0 aromatic heterocycles. The molecule has 0 spiro atoms. The number of methoxy groups -OCH3 is 1. The van der Waals surface area contributed by atoms with Gasteiger partial charge in [0, 0.05) is 13.0 Å². The second-order valence-corrected chi connectivity index (χ2v) is 2.46. The number of hydrogen-bond acceptors (Lipinski definition) is 4. The molecule has 1 N–H and O–H groups in total. The minimum Gasteiger partial charge on any atom is -1.00 e. The van der Waals surface area contributed by atoms with E-state index in [4.69, 9.17) is 0 Å². The number of carbonyl (C=O) groups excluding carboxylic acids is 3. The molecule has 6 heteroatoms. The Morgan fingerprint density at radius 3 is 2.69 bits per heavy atom. The van der Waals surface area contributed by atoms with Crippen LogP contribution in [0, 0.1) is 5.92 Å². The molecule has 68 valence electrons. The van der Waals surface area contributed by atoms with Crippen LogP contribution in [0.15, 0.2) is 0 Å². The maximum Gasteiger partial charge on any atom is 1.00 e. The van der Waals surface area contributed by atoms with Crippen molar-refractivity contribution in [1.82, 2.24) is 5.32 Å². The van der Waals surface area contributed by atoms with Gasteiger partial charge in [-0.15, -0.1) is 0 Å². The van der Waals surface area contributed by atoms with E-state index in [2.05, 4.69) is 10.1 Å². The monoisotopic (exact) mass is 195 g/mol. The molecule has 1 rings (SSSR count). The molecule has 1 unspecified atom stereocenters. The minimum absolute atomic E-state index is 0. The van der Waals surface area contributed by atoms with E-state index in [-0.39, 0.29) is 43.2 Å². The molecular weight excluding hydrogens is 185 g/mol. The molecule has 13 heavy (non-hydrogen) atoms. The van der Waals surface area contributed by atoms with E-state index < -0.39 is 17.8 Å². The van der Waals surface area contributed by atoms with E-state index in [1.165, 1.54) is 0 Å². The van der Waals surface area contributed by atoms with E-state index in [0.717, 1.165) is 7.11 Å². The summed E-state index contributed by atoms with van der Waals surface area (Å²) in [6.45, 7) is 0.311. The van der Waals surface area contributed by atoms with Crippen molar-refractivity contribution in [3.05, 3.63) is 0 Å².